The molecule has 3 aromatic rings. The summed E-state index contributed by atoms with van der Waals surface area (Å²) in [4.78, 5) is 9.29. The minimum absolute atomic E-state index is 0.0913. The van der Waals surface area contributed by atoms with Crippen LogP contribution in [0.2, 0.25) is 0 Å². The number of benzene rings is 2. The lowest BCUT2D eigenvalue weighted by Gasteiger charge is -2.34. The van der Waals surface area contributed by atoms with E-state index >= 15 is 0 Å². The highest BCUT2D eigenvalue weighted by Gasteiger charge is 2.52. The summed E-state index contributed by atoms with van der Waals surface area (Å²) in [5.41, 5.74) is 6.29. The zero-order chi connectivity index (χ0) is 18.1. The number of rotatable bonds is 1. The third-order valence-electron chi connectivity index (χ3n) is 4.66. The fourth-order valence-electron chi connectivity index (χ4n) is 3.59. The number of para-hydroxylation sites is 1. The molecule has 3 heterocycles. The monoisotopic (exact) mass is 414 g/mol. The molecule has 2 N–H and O–H groups in total. The zero-order valence-corrected chi connectivity index (χ0v) is 15.1. The van der Waals surface area contributed by atoms with Crippen molar-refractivity contribution in [3.8, 4) is 17.2 Å². The minimum Gasteiger partial charge on any atom is -0.497 e. The van der Waals surface area contributed by atoms with Crippen molar-refractivity contribution < 1.29 is 13.9 Å². The van der Waals surface area contributed by atoms with Gasteiger partial charge in [0.2, 0.25) is 5.96 Å². The summed E-state index contributed by atoms with van der Waals surface area (Å²) in [6.45, 7) is 0. The number of aromatic nitrogens is 2. The molecule has 0 fully saturated rings. The van der Waals surface area contributed by atoms with E-state index < -0.39 is 11.4 Å². The second-order valence-electron chi connectivity index (χ2n) is 6.02. The molecule has 2 aromatic carbocycles. The Morgan fingerprint density at radius 3 is 2.88 bits per heavy atom. The highest BCUT2D eigenvalue weighted by Crippen LogP contribution is 2.55. The number of aliphatic imine (C=N–C) groups is 1. The van der Waals surface area contributed by atoms with E-state index in [0.717, 1.165) is 5.56 Å². The van der Waals surface area contributed by atoms with Gasteiger partial charge in [-0.1, -0.05) is 18.2 Å². The Hall–Kier alpha value is -2.87. The number of nitrogens with two attached hydrogens (primary N) is 1. The van der Waals surface area contributed by atoms with Crippen molar-refractivity contribution in [3.05, 3.63) is 70.0 Å². The summed E-state index contributed by atoms with van der Waals surface area (Å²) in [5.74, 6) is 1.25. The molecule has 0 unspecified atom stereocenters. The number of ether oxygens (including phenoxy) is 2. The zero-order valence-electron chi connectivity index (χ0n) is 13.5. The van der Waals surface area contributed by atoms with Crippen LogP contribution in [0.4, 0.5) is 4.39 Å². The van der Waals surface area contributed by atoms with Crippen molar-refractivity contribution in [2.24, 2.45) is 10.7 Å². The number of hydrogen-bond acceptors (Lipinski definition) is 5. The first-order valence-electron chi connectivity index (χ1n) is 7.81. The lowest BCUT2D eigenvalue weighted by Crippen LogP contribution is -2.31. The van der Waals surface area contributed by atoms with E-state index in [4.69, 9.17) is 20.2 Å². The predicted octanol–water partition coefficient (Wildman–Crippen LogP) is 3.37. The van der Waals surface area contributed by atoms with Gasteiger partial charge in [-0.25, -0.2) is 14.4 Å². The van der Waals surface area contributed by atoms with Crippen molar-refractivity contribution in [1.29, 1.82) is 0 Å². The van der Waals surface area contributed by atoms with Gasteiger partial charge in [0, 0.05) is 23.4 Å². The van der Waals surface area contributed by atoms with Crippen LogP contribution in [0, 0.1) is 5.82 Å². The highest BCUT2D eigenvalue weighted by atomic mass is 79.9. The molecule has 1 spiro atoms. The number of hydrogen-bond donors (Lipinski definition) is 1. The summed E-state index contributed by atoms with van der Waals surface area (Å²) in [6.07, 6.45) is 1.73. The van der Waals surface area contributed by atoms with Crippen molar-refractivity contribution >= 4 is 21.9 Å². The molecule has 2 aliphatic rings. The fraction of sp³-hybridized carbons (Fsp3) is 0.111. The maximum atomic E-state index is 14.8. The van der Waals surface area contributed by atoms with Crippen LogP contribution in [-0.2, 0) is 5.54 Å². The quantitative estimate of drug-likeness (QED) is 0.662. The van der Waals surface area contributed by atoms with E-state index in [2.05, 4.69) is 20.9 Å². The van der Waals surface area contributed by atoms with E-state index in [1.54, 1.807) is 22.9 Å². The molecule has 0 bridgehead atoms. The summed E-state index contributed by atoms with van der Waals surface area (Å²) in [7, 11) is 1.48. The minimum atomic E-state index is -1.12. The van der Waals surface area contributed by atoms with Crippen molar-refractivity contribution in [3.63, 3.8) is 0 Å². The van der Waals surface area contributed by atoms with Crippen molar-refractivity contribution in [2.45, 2.75) is 5.54 Å². The average Bonchev–Trinajstić information content (AvgIpc) is 3.14. The molecule has 0 radical (unpaired) electrons. The molecule has 26 heavy (non-hydrogen) atoms. The number of nitrogens with zero attached hydrogens (tertiary/aromatic N) is 3. The first-order chi connectivity index (χ1) is 12.5. The third kappa shape index (κ3) is 1.79. The Bertz CT molecular complexity index is 1110. The topological polar surface area (TPSA) is 74.7 Å². The molecule has 130 valence electrons. The van der Waals surface area contributed by atoms with Gasteiger partial charge in [-0.3, -0.25) is 4.57 Å². The maximum Gasteiger partial charge on any atom is 0.202 e. The molecule has 8 heteroatoms. The number of halogens is 2. The molecule has 0 amide bonds. The third-order valence-corrected chi connectivity index (χ3v) is 5.04. The van der Waals surface area contributed by atoms with E-state index in [1.807, 2.05) is 18.2 Å². The Labute approximate surface area is 156 Å². The van der Waals surface area contributed by atoms with Gasteiger partial charge < -0.3 is 15.2 Å². The van der Waals surface area contributed by atoms with Crippen LogP contribution in [-0.4, -0.2) is 22.6 Å². The largest absolute Gasteiger partial charge is 0.497 e. The SMILES string of the molecule is COc1cc(F)c2c(c1)[C@]1(N=C(N)n3cc(Br)nc31)c1ccccc1O2. The summed E-state index contributed by atoms with van der Waals surface area (Å²) >= 11 is 3.39. The summed E-state index contributed by atoms with van der Waals surface area (Å²) < 4.78 is 28.2. The first kappa shape index (κ1) is 15.4. The molecule has 6 nitrogen and oxygen atoms in total. The average molecular weight is 415 g/mol. The lowest BCUT2D eigenvalue weighted by atomic mass is 9.80. The van der Waals surface area contributed by atoms with Crippen LogP contribution in [0.15, 0.2) is 52.2 Å². The van der Waals surface area contributed by atoms with Gasteiger partial charge >= 0.3 is 0 Å². The number of imidazole rings is 1. The van der Waals surface area contributed by atoms with Crippen LogP contribution in [0.3, 0.4) is 0 Å². The maximum absolute atomic E-state index is 14.8. The van der Waals surface area contributed by atoms with Crippen LogP contribution >= 0.6 is 15.9 Å². The molecule has 1 atom stereocenters. The first-order valence-corrected chi connectivity index (χ1v) is 8.60. The smallest absolute Gasteiger partial charge is 0.202 e. The van der Waals surface area contributed by atoms with Gasteiger partial charge in [0.1, 0.15) is 16.1 Å². The Kier molecular flexibility index (Phi) is 3.00. The van der Waals surface area contributed by atoms with Gasteiger partial charge in [0.15, 0.2) is 22.9 Å². The van der Waals surface area contributed by atoms with Crippen molar-refractivity contribution in [1.82, 2.24) is 9.55 Å². The molecule has 0 aliphatic carbocycles. The fourth-order valence-corrected chi connectivity index (χ4v) is 3.96. The summed E-state index contributed by atoms with van der Waals surface area (Å²) in [5, 5.41) is 0. The summed E-state index contributed by atoms with van der Waals surface area (Å²) in [6, 6.07) is 10.3. The Balaban J connectivity index is 1.94. The van der Waals surface area contributed by atoms with E-state index in [9.17, 15) is 4.39 Å². The standard InChI is InChI=1S/C18H12BrFN4O2/c1-25-9-6-11-15(12(20)7-9)26-13-5-3-2-4-10(13)18(11)16-22-14(19)8-24(16)17(21)23-18/h2-8H,1H3,(H2,21,23)/t18-/m1/s1. The van der Waals surface area contributed by atoms with Gasteiger partial charge in [-0.2, -0.15) is 0 Å². The normalized spacial score (nSPS) is 19.4. The van der Waals surface area contributed by atoms with Gasteiger partial charge in [-0.15, -0.1) is 0 Å². The second-order valence-corrected chi connectivity index (χ2v) is 6.83. The van der Waals surface area contributed by atoms with E-state index in [1.165, 1.54) is 13.2 Å². The Morgan fingerprint density at radius 2 is 2.08 bits per heavy atom. The van der Waals surface area contributed by atoms with Crippen LogP contribution in [0.1, 0.15) is 17.0 Å². The van der Waals surface area contributed by atoms with Gasteiger partial charge in [-0.05, 0) is 28.1 Å². The second kappa shape index (κ2) is 5.07. The predicted molar refractivity (Wildman–Crippen MR) is 96.3 cm³/mol. The van der Waals surface area contributed by atoms with Crippen LogP contribution < -0.4 is 15.2 Å². The van der Waals surface area contributed by atoms with Crippen LogP contribution in [0.25, 0.3) is 0 Å². The Morgan fingerprint density at radius 1 is 1.27 bits per heavy atom. The molecular weight excluding hydrogens is 403 g/mol. The van der Waals surface area contributed by atoms with Crippen molar-refractivity contribution in [2.75, 3.05) is 7.11 Å². The molecule has 0 saturated carbocycles. The highest BCUT2D eigenvalue weighted by molar-refractivity contribution is 9.10. The molecule has 0 saturated heterocycles. The number of fused-ring (bicyclic) bond motifs is 6. The molecular formula is C18H12BrFN4O2. The van der Waals surface area contributed by atoms with Gasteiger partial charge in [0.05, 0.1) is 7.11 Å². The lowest BCUT2D eigenvalue weighted by molar-refractivity contribution is 0.376. The van der Waals surface area contributed by atoms with E-state index in [0.29, 0.717) is 27.5 Å². The molecule has 1 aromatic heterocycles. The van der Waals surface area contributed by atoms with E-state index in [-0.39, 0.29) is 11.7 Å². The molecule has 2 aliphatic heterocycles. The molecule has 5 rings (SSSR count). The van der Waals surface area contributed by atoms with Gasteiger partial charge in [0.25, 0.3) is 0 Å². The van der Waals surface area contributed by atoms with Crippen LogP contribution in [0.5, 0.6) is 17.2 Å². The number of methoxy groups -OCH3 is 1.